The van der Waals surface area contributed by atoms with Crippen LogP contribution < -0.4 is 14.4 Å². The third-order valence-corrected chi connectivity index (χ3v) is 14.5. The molecule has 11 nitrogen and oxygen atoms in total. The molecule has 2 saturated heterocycles. The Labute approximate surface area is 323 Å². The summed E-state index contributed by atoms with van der Waals surface area (Å²) in [7, 11) is -2.39. The highest BCUT2D eigenvalue weighted by Crippen LogP contribution is 2.49. The number of nitrogens with one attached hydrogen (secondary N) is 1. The second-order valence-electron chi connectivity index (χ2n) is 15.7. The minimum Gasteiger partial charge on any atom is -0.487 e. The number of rotatable bonds is 5. The Hall–Kier alpha value is -3.23. The number of allylic oxidation sites excluding steroid dienone is 1. The lowest BCUT2D eigenvalue weighted by molar-refractivity contribution is -0.137. The first-order chi connectivity index (χ1) is 25.9. The van der Waals surface area contributed by atoms with Gasteiger partial charge in [0.25, 0.3) is 5.91 Å². The number of aryl methyl sites for hydroxylation is 1. The second-order valence-corrected chi connectivity index (χ2v) is 18.2. The standard InChI is InChI=1S/C40H53ClFN5O6S/c1-27-9-11-34(42)37(39(49)44(3)14-7-15-45-18-20-52-21-19-45)47-17-6-13-40(47)26-46-16-5-4-8-29-22-31(41)24-33(40)32(29)25-53-36-12-10-30(23-35(36)46)38(48)43-54(50,51)28(27)2/h10-12,22-24,27-28,37H,4-9,13-21,25-26H2,1-3H3,(H,43,48)/b34-11-/t27-,28+,37+,40-/m0/s1. The molecule has 0 aromatic heterocycles. The second kappa shape index (κ2) is 16.1. The topological polar surface area (TPSA) is 112 Å². The van der Waals surface area contributed by atoms with E-state index in [2.05, 4.69) is 19.4 Å². The summed E-state index contributed by atoms with van der Waals surface area (Å²) < 4.78 is 58.8. The molecule has 5 aliphatic heterocycles. The Morgan fingerprint density at radius 2 is 1.89 bits per heavy atom. The molecule has 54 heavy (non-hydrogen) atoms. The van der Waals surface area contributed by atoms with Crippen LogP contribution in [0.3, 0.4) is 0 Å². The van der Waals surface area contributed by atoms with Gasteiger partial charge >= 0.3 is 0 Å². The van der Waals surface area contributed by atoms with Crippen molar-refractivity contribution in [1.29, 1.82) is 0 Å². The number of nitrogens with zero attached hydrogens (tertiary/aromatic N) is 4. The van der Waals surface area contributed by atoms with Gasteiger partial charge in [-0.15, -0.1) is 0 Å². The van der Waals surface area contributed by atoms with Crippen LogP contribution in [0.15, 0.2) is 42.2 Å². The van der Waals surface area contributed by atoms with Gasteiger partial charge in [-0.3, -0.25) is 19.4 Å². The lowest BCUT2D eigenvalue weighted by Crippen LogP contribution is -2.58. The van der Waals surface area contributed by atoms with Gasteiger partial charge in [-0.25, -0.2) is 17.5 Å². The molecule has 5 aliphatic rings. The maximum absolute atomic E-state index is 17.3. The van der Waals surface area contributed by atoms with E-state index in [1.165, 1.54) is 13.0 Å². The summed E-state index contributed by atoms with van der Waals surface area (Å²) in [5, 5.41) is -0.435. The van der Waals surface area contributed by atoms with E-state index in [9.17, 15) is 18.0 Å². The van der Waals surface area contributed by atoms with Crippen LogP contribution in [0.25, 0.3) is 0 Å². The van der Waals surface area contributed by atoms with Crippen molar-refractivity contribution in [3.8, 4) is 5.75 Å². The van der Waals surface area contributed by atoms with Crippen molar-refractivity contribution in [2.24, 2.45) is 5.92 Å². The number of hydrogen-bond acceptors (Lipinski definition) is 9. The van der Waals surface area contributed by atoms with Crippen molar-refractivity contribution < 1.29 is 31.9 Å². The zero-order valence-corrected chi connectivity index (χ0v) is 33.2. The summed E-state index contributed by atoms with van der Waals surface area (Å²) in [5.41, 5.74) is 3.01. The molecule has 0 unspecified atom stereocenters. The van der Waals surface area contributed by atoms with E-state index in [1.54, 1.807) is 37.1 Å². The van der Waals surface area contributed by atoms with Crippen LogP contribution in [0, 0.1) is 5.92 Å². The molecular weight excluding hydrogens is 733 g/mol. The van der Waals surface area contributed by atoms with E-state index in [1.807, 2.05) is 12.1 Å². The van der Waals surface area contributed by atoms with Gasteiger partial charge in [0.05, 0.1) is 29.7 Å². The molecular formula is C40H53ClFN5O6S. The van der Waals surface area contributed by atoms with E-state index in [0.717, 1.165) is 68.4 Å². The van der Waals surface area contributed by atoms with E-state index >= 15 is 4.39 Å². The number of sulfonamides is 1. The quantitative estimate of drug-likeness (QED) is 0.435. The predicted molar refractivity (Wildman–Crippen MR) is 207 cm³/mol. The lowest BCUT2D eigenvalue weighted by Gasteiger charge is -2.47. The van der Waals surface area contributed by atoms with Gasteiger partial charge < -0.3 is 19.3 Å². The molecule has 0 saturated carbocycles. The largest absolute Gasteiger partial charge is 0.487 e. The first-order valence-corrected chi connectivity index (χ1v) is 21.4. The Kier molecular flexibility index (Phi) is 11.6. The van der Waals surface area contributed by atoms with Gasteiger partial charge in [-0.1, -0.05) is 24.6 Å². The van der Waals surface area contributed by atoms with Crippen molar-refractivity contribution in [2.45, 2.75) is 82.2 Å². The van der Waals surface area contributed by atoms with Gasteiger partial charge in [0.1, 0.15) is 24.2 Å². The van der Waals surface area contributed by atoms with Crippen LogP contribution in [0.1, 0.15) is 79.4 Å². The summed E-state index contributed by atoms with van der Waals surface area (Å²) in [6.45, 7) is 9.24. The average molecular weight is 786 g/mol. The van der Waals surface area contributed by atoms with Crippen molar-refractivity contribution in [2.75, 3.05) is 71.0 Å². The van der Waals surface area contributed by atoms with Gasteiger partial charge in [-0.2, -0.15) is 0 Å². The van der Waals surface area contributed by atoms with E-state index in [-0.39, 0.29) is 24.5 Å². The third-order valence-electron chi connectivity index (χ3n) is 12.3. The molecule has 2 aromatic carbocycles. The van der Waals surface area contributed by atoms with E-state index in [4.69, 9.17) is 21.1 Å². The van der Waals surface area contributed by atoms with E-state index in [0.29, 0.717) is 62.3 Å². The summed E-state index contributed by atoms with van der Waals surface area (Å²) >= 11 is 6.94. The summed E-state index contributed by atoms with van der Waals surface area (Å²) in [5.74, 6) is -1.67. The number of benzene rings is 2. The maximum atomic E-state index is 17.3. The van der Waals surface area contributed by atoms with Crippen LogP contribution in [0.4, 0.5) is 10.1 Å². The molecule has 7 rings (SSSR count). The number of carbonyl (C=O) groups excluding carboxylic acids is 2. The zero-order valence-electron chi connectivity index (χ0n) is 31.6. The number of amides is 2. The molecule has 294 valence electrons. The Morgan fingerprint density at radius 1 is 1.09 bits per heavy atom. The molecule has 5 heterocycles. The molecule has 2 fully saturated rings. The highest BCUT2D eigenvalue weighted by atomic mass is 35.5. The van der Waals surface area contributed by atoms with Crippen molar-refractivity contribution in [3.05, 3.63) is 69.5 Å². The fraction of sp³-hybridized carbons (Fsp3) is 0.600. The van der Waals surface area contributed by atoms with Crippen LogP contribution in [0.5, 0.6) is 5.75 Å². The highest BCUT2D eigenvalue weighted by Gasteiger charge is 2.52. The third kappa shape index (κ3) is 7.76. The summed E-state index contributed by atoms with van der Waals surface area (Å²) in [4.78, 5) is 36.7. The first kappa shape index (κ1) is 39.0. The SMILES string of the molecule is C[C@@H]1[C@@H](C)C/C=C(\F)[C@H](C(=O)N(C)CCCN2CCOCC2)N2CCC[C@@]23CN2CCCCc4cc(Cl)cc3c4COc3ccc(cc32)C(=O)NS1(=O)=O. The Balaban J connectivity index is 1.39. The lowest BCUT2D eigenvalue weighted by atomic mass is 9.79. The number of hydrogen-bond donors (Lipinski definition) is 1. The van der Waals surface area contributed by atoms with E-state index < -0.39 is 44.5 Å². The smallest absolute Gasteiger partial charge is 0.264 e. The van der Waals surface area contributed by atoms with Gasteiger partial charge in [0.2, 0.25) is 15.9 Å². The minimum atomic E-state index is -4.14. The monoisotopic (exact) mass is 785 g/mol. The molecule has 4 atom stereocenters. The summed E-state index contributed by atoms with van der Waals surface area (Å²) in [6, 6.07) is 7.78. The number of carbonyl (C=O) groups is 2. The molecule has 1 N–H and O–H groups in total. The Bertz CT molecular complexity index is 1890. The predicted octanol–water partition coefficient (Wildman–Crippen LogP) is 5.26. The number of ether oxygens (including phenoxy) is 2. The van der Waals surface area contributed by atoms with Crippen LogP contribution in [-0.2, 0) is 38.1 Å². The fourth-order valence-corrected chi connectivity index (χ4v) is 10.5. The number of anilines is 1. The highest BCUT2D eigenvalue weighted by molar-refractivity contribution is 7.90. The molecule has 14 heteroatoms. The normalized spacial score (nSPS) is 28.7. The van der Waals surface area contributed by atoms with Gasteiger partial charge in [-0.05, 0) is 105 Å². The Morgan fingerprint density at radius 3 is 2.69 bits per heavy atom. The number of likely N-dealkylation sites (N-methyl/N-ethyl adjacent to an activating group) is 1. The minimum absolute atomic E-state index is 0.0544. The van der Waals surface area contributed by atoms with Crippen LogP contribution in [-0.4, -0.2) is 112 Å². The number of halogens is 2. The summed E-state index contributed by atoms with van der Waals surface area (Å²) in [6.07, 6.45) is 6.02. The first-order valence-electron chi connectivity index (χ1n) is 19.4. The molecule has 2 amide bonds. The molecule has 7 bridgehead atoms. The number of fused-ring (bicyclic) bond motifs is 1. The fourth-order valence-electron chi connectivity index (χ4n) is 8.98. The van der Waals surface area contributed by atoms with Crippen molar-refractivity contribution in [3.63, 3.8) is 0 Å². The van der Waals surface area contributed by atoms with Crippen LogP contribution in [0.2, 0.25) is 5.02 Å². The maximum Gasteiger partial charge on any atom is 0.264 e. The molecule has 1 spiro atoms. The van der Waals surface area contributed by atoms with Crippen molar-refractivity contribution >= 4 is 39.1 Å². The van der Waals surface area contributed by atoms with Gasteiger partial charge in [0, 0.05) is 63.4 Å². The zero-order chi connectivity index (χ0) is 38.2. The van der Waals surface area contributed by atoms with Crippen molar-refractivity contribution in [1.82, 2.24) is 19.4 Å². The molecule has 2 aromatic rings. The molecule has 0 radical (unpaired) electrons. The molecule has 0 aliphatic carbocycles. The number of morpholine rings is 1. The average Bonchev–Trinajstić information content (AvgIpc) is 3.57. The van der Waals surface area contributed by atoms with Crippen LogP contribution >= 0.6 is 11.6 Å². The van der Waals surface area contributed by atoms with Gasteiger partial charge in [0.15, 0.2) is 0 Å².